The summed E-state index contributed by atoms with van der Waals surface area (Å²) in [4.78, 5) is 8.01. The minimum absolute atomic E-state index is 0.0384. The van der Waals surface area contributed by atoms with Gasteiger partial charge < -0.3 is 5.11 Å². The average Bonchev–Trinajstić information content (AvgIpc) is 2.28. The van der Waals surface area contributed by atoms with Crippen molar-refractivity contribution in [1.82, 2.24) is 9.97 Å². The van der Waals surface area contributed by atoms with E-state index in [1.54, 1.807) is 12.3 Å². The number of nitrogens with zero attached hydrogens (tertiary/aromatic N) is 2. The van der Waals surface area contributed by atoms with E-state index in [1.165, 1.54) is 24.5 Å². The van der Waals surface area contributed by atoms with Gasteiger partial charge >= 0.3 is 0 Å². The normalized spacial score (nSPS) is 11.4. The lowest BCUT2D eigenvalue weighted by molar-refractivity contribution is 0.473. The molecule has 2 aromatic rings. The Bertz CT molecular complexity index is 636. The minimum atomic E-state index is -3.24. The minimum Gasteiger partial charge on any atom is -0.506 e. The third-order valence-electron chi connectivity index (χ3n) is 2.18. The van der Waals surface area contributed by atoms with Gasteiger partial charge in [-0.25, -0.2) is 8.42 Å². The zero-order valence-corrected chi connectivity index (χ0v) is 9.85. The number of sulfone groups is 1. The first-order valence-electron chi connectivity index (χ1n) is 4.77. The van der Waals surface area contributed by atoms with E-state index in [4.69, 9.17) is 0 Å². The van der Waals surface area contributed by atoms with Crippen LogP contribution in [0.2, 0.25) is 0 Å². The topological polar surface area (TPSA) is 80.2 Å². The van der Waals surface area contributed by atoms with Gasteiger partial charge in [-0.1, -0.05) is 0 Å². The summed E-state index contributed by atoms with van der Waals surface area (Å²) >= 11 is 0. The number of hydrogen-bond acceptors (Lipinski definition) is 5. The molecule has 0 aliphatic heterocycles. The van der Waals surface area contributed by atoms with Crippen LogP contribution < -0.4 is 0 Å². The fourth-order valence-corrected chi connectivity index (χ4v) is 1.90. The maximum absolute atomic E-state index is 11.2. The molecule has 1 N–H and O–H groups in total. The predicted octanol–water partition coefficient (Wildman–Crippen LogP) is 1.25. The first kappa shape index (κ1) is 11.5. The molecule has 6 heteroatoms. The van der Waals surface area contributed by atoms with Crippen molar-refractivity contribution in [3.8, 4) is 17.0 Å². The highest BCUT2D eigenvalue weighted by atomic mass is 32.2. The van der Waals surface area contributed by atoms with E-state index in [0.717, 1.165) is 6.26 Å². The van der Waals surface area contributed by atoms with Gasteiger partial charge in [-0.05, 0) is 18.2 Å². The maximum Gasteiger partial charge on any atom is 0.177 e. The van der Waals surface area contributed by atoms with Gasteiger partial charge in [0.1, 0.15) is 5.75 Å². The van der Waals surface area contributed by atoms with Crippen LogP contribution in [0.5, 0.6) is 5.75 Å². The smallest absolute Gasteiger partial charge is 0.177 e. The second-order valence-corrected chi connectivity index (χ2v) is 5.60. The molecule has 0 bridgehead atoms. The summed E-state index contributed by atoms with van der Waals surface area (Å²) in [5.41, 5.74) is 1.19. The number of aromatic nitrogens is 2. The Labute approximate surface area is 98.7 Å². The Hall–Kier alpha value is -1.95. The standard InChI is InChI=1S/C11H10N2O3S/c1-17(15,16)10-2-3-11(13-7-10)8-4-9(14)6-12-5-8/h2-7,14H,1H3. The SMILES string of the molecule is CS(=O)(=O)c1ccc(-c2cncc(O)c2)nc1. The second-order valence-electron chi connectivity index (χ2n) is 3.58. The molecule has 0 saturated heterocycles. The summed E-state index contributed by atoms with van der Waals surface area (Å²) in [6, 6.07) is 4.56. The van der Waals surface area contributed by atoms with E-state index in [2.05, 4.69) is 9.97 Å². The quantitative estimate of drug-likeness (QED) is 0.867. The van der Waals surface area contributed by atoms with Crippen LogP contribution in [0.1, 0.15) is 0 Å². The van der Waals surface area contributed by atoms with Crippen LogP contribution in [0.4, 0.5) is 0 Å². The first-order chi connectivity index (χ1) is 7.97. The Kier molecular flexibility index (Phi) is 2.81. The summed E-state index contributed by atoms with van der Waals surface area (Å²) < 4.78 is 22.5. The van der Waals surface area contributed by atoms with Crippen LogP contribution in [0.3, 0.4) is 0 Å². The van der Waals surface area contributed by atoms with Gasteiger partial charge in [-0.3, -0.25) is 9.97 Å². The highest BCUT2D eigenvalue weighted by Crippen LogP contribution is 2.20. The van der Waals surface area contributed by atoms with E-state index < -0.39 is 9.84 Å². The van der Waals surface area contributed by atoms with E-state index in [0.29, 0.717) is 11.3 Å². The molecule has 88 valence electrons. The maximum atomic E-state index is 11.2. The molecule has 2 rings (SSSR count). The highest BCUT2D eigenvalue weighted by molar-refractivity contribution is 7.90. The molecule has 0 aliphatic rings. The summed E-state index contributed by atoms with van der Waals surface area (Å²) in [6.07, 6.45) is 5.27. The fraction of sp³-hybridized carbons (Fsp3) is 0.0909. The van der Waals surface area contributed by atoms with Gasteiger partial charge in [0.15, 0.2) is 9.84 Å². The lowest BCUT2D eigenvalue weighted by atomic mass is 10.2. The summed E-state index contributed by atoms with van der Waals surface area (Å²) in [7, 11) is -3.24. The molecule has 0 radical (unpaired) electrons. The van der Waals surface area contributed by atoms with Gasteiger partial charge in [0, 0.05) is 24.2 Å². The van der Waals surface area contributed by atoms with E-state index in [-0.39, 0.29) is 10.6 Å². The van der Waals surface area contributed by atoms with Crippen molar-refractivity contribution < 1.29 is 13.5 Å². The molecule has 2 aromatic heterocycles. The lowest BCUT2D eigenvalue weighted by Crippen LogP contribution is -1.97. The molecule has 0 saturated carbocycles. The van der Waals surface area contributed by atoms with Crippen LogP contribution in [0, 0.1) is 0 Å². The number of pyridine rings is 2. The van der Waals surface area contributed by atoms with Crippen molar-refractivity contribution in [3.05, 3.63) is 36.8 Å². The van der Waals surface area contributed by atoms with E-state index in [9.17, 15) is 13.5 Å². The Morgan fingerprint density at radius 3 is 2.47 bits per heavy atom. The van der Waals surface area contributed by atoms with Gasteiger partial charge in [0.2, 0.25) is 0 Å². The van der Waals surface area contributed by atoms with Gasteiger partial charge in [0.05, 0.1) is 16.8 Å². The van der Waals surface area contributed by atoms with Crippen LogP contribution in [0.15, 0.2) is 41.7 Å². The molecule has 0 fully saturated rings. The monoisotopic (exact) mass is 250 g/mol. The molecule has 0 unspecified atom stereocenters. The first-order valence-corrected chi connectivity index (χ1v) is 6.66. The zero-order valence-electron chi connectivity index (χ0n) is 9.03. The third-order valence-corrected chi connectivity index (χ3v) is 3.28. The molecule has 0 atom stereocenters. The molecule has 2 heterocycles. The fourth-order valence-electron chi connectivity index (χ4n) is 1.34. The molecular formula is C11H10N2O3S. The van der Waals surface area contributed by atoms with Gasteiger partial charge in [-0.2, -0.15) is 0 Å². The van der Waals surface area contributed by atoms with Crippen LogP contribution in [-0.4, -0.2) is 29.7 Å². The molecule has 0 spiro atoms. The van der Waals surface area contributed by atoms with Crippen molar-refractivity contribution in [1.29, 1.82) is 0 Å². The number of rotatable bonds is 2. The molecule has 0 aliphatic carbocycles. The van der Waals surface area contributed by atoms with Crippen molar-refractivity contribution in [2.75, 3.05) is 6.26 Å². The van der Waals surface area contributed by atoms with Crippen LogP contribution in [0.25, 0.3) is 11.3 Å². The Morgan fingerprint density at radius 2 is 1.94 bits per heavy atom. The third kappa shape index (κ3) is 2.59. The van der Waals surface area contributed by atoms with Crippen molar-refractivity contribution >= 4 is 9.84 Å². The van der Waals surface area contributed by atoms with Crippen molar-refractivity contribution in [2.24, 2.45) is 0 Å². The second kappa shape index (κ2) is 4.14. The van der Waals surface area contributed by atoms with Gasteiger partial charge in [0.25, 0.3) is 0 Å². The molecular weight excluding hydrogens is 240 g/mol. The van der Waals surface area contributed by atoms with Crippen molar-refractivity contribution in [2.45, 2.75) is 4.90 Å². The lowest BCUT2D eigenvalue weighted by Gasteiger charge is -2.02. The summed E-state index contributed by atoms with van der Waals surface area (Å²) in [5.74, 6) is 0.0384. The summed E-state index contributed by atoms with van der Waals surface area (Å²) in [6.45, 7) is 0. The summed E-state index contributed by atoms with van der Waals surface area (Å²) in [5, 5.41) is 9.27. The van der Waals surface area contributed by atoms with Crippen molar-refractivity contribution in [3.63, 3.8) is 0 Å². The van der Waals surface area contributed by atoms with E-state index >= 15 is 0 Å². The predicted molar refractivity (Wildman–Crippen MR) is 62.2 cm³/mol. The largest absolute Gasteiger partial charge is 0.506 e. The highest BCUT2D eigenvalue weighted by Gasteiger charge is 2.08. The molecule has 0 amide bonds. The number of aromatic hydroxyl groups is 1. The Morgan fingerprint density at radius 1 is 1.18 bits per heavy atom. The molecule has 5 nitrogen and oxygen atoms in total. The number of hydrogen-bond donors (Lipinski definition) is 1. The van der Waals surface area contributed by atoms with Gasteiger partial charge in [-0.15, -0.1) is 0 Å². The van der Waals surface area contributed by atoms with E-state index in [1.807, 2.05) is 0 Å². The molecule has 17 heavy (non-hydrogen) atoms. The Balaban J connectivity index is 2.43. The van der Waals surface area contributed by atoms with Crippen LogP contribution in [-0.2, 0) is 9.84 Å². The zero-order chi connectivity index (χ0) is 12.5. The average molecular weight is 250 g/mol. The molecule has 0 aromatic carbocycles. The van der Waals surface area contributed by atoms with Crippen LogP contribution >= 0.6 is 0 Å².